The van der Waals surface area contributed by atoms with Gasteiger partial charge in [0.1, 0.15) is 41.7 Å². The molecule has 0 unspecified atom stereocenters. The van der Waals surface area contributed by atoms with Gasteiger partial charge in [0.15, 0.2) is 0 Å². The number of hydrogen-bond acceptors (Lipinski definition) is 10. The Labute approximate surface area is 319 Å². The van der Waals surface area contributed by atoms with Crippen LogP contribution in [-0.2, 0) is 46.4 Å². The van der Waals surface area contributed by atoms with Crippen LogP contribution in [0.1, 0.15) is 71.4 Å². The Hall–Kier alpha value is -5.71. The molecule has 0 aromatic heterocycles. The van der Waals surface area contributed by atoms with Gasteiger partial charge in [-0.2, -0.15) is 0 Å². The van der Waals surface area contributed by atoms with Crippen molar-refractivity contribution < 1.29 is 54.0 Å². The van der Waals surface area contributed by atoms with Gasteiger partial charge in [-0.15, -0.1) is 0 Å². The molecule has 17 nitrogen and oxygen atoms in total. The molecule has 0 heterocycles. The lowest BCUT2D eigenvalue weighted by atomic mass is 9.97. The maximum Gasteiger partial charge on any atom is 0.325 e. The van der Waals surface area contributed by atoms with Crippen molar-refractivity contribution in [3.05, 3.63) is 59.7 Å². The van der Waals surface area contributed by atoms with E-state index in [1.54, 1.807) is 26.0 Å². The largest absolute Gasteiger partial charge is 0.508 e. The van der Waals surface area contributed by atoms with Crippen LogP contribution in [0.25, 0.3) is 0 Å². The third-order valence-electron chi connectivity index (χ3n) is 8.88. The summed E-state index contributed by atoms with van der Waals surface area (Å²) in [5.74, 6) is -7.18. The number of phenolic OH excluding ortho intramolecular Hbond substituents is 2. The molecule has 0 fully saturated rings. The molecule has 0 aliphatic carbocycles. The molecule has 2 aromatic rings. The van der Waals surface area contributed by atoms with Gasteiger partial charge in [-0.1, -0.05) is 58.4 Å². The molecule has 5 amide bonds. The van der Waals surface area contributed by atoms with Gasteiger partial charge in [0.05, 0.1) is 6.04 Å². The molecule has 0 spiro atoms. The molecule has 0 saturated carbocycles. The summed E-state index contributed by atoms with van der Waals surface area (Å²) >= 11 is 0. The fourth-order valence-corrected chi connectivity index (χ4v) is 5.44. The lowest BCUT2D eigenvalue weighted by molar-refractivity contribution is -0.142. The molecular formula is C38H54N6O11. The van der Waals surface area contributed by atoms with Gasteiger partial charge in [0, 0.05) is 12.8 Å². The second kappa shape index (κ2) is 21.9. The predicted octanol–water partition coefficient (Wildman–Crippen LogP) is 0.696. The third-order valence-corrected chi connectivity index (χ3v) is 8.88. The fraction of sp³-hybridized carbons (Fsp3) is 0.500. The molecule has 0 radical (unpaired) electrons. The van der Waals surface area contributed by atoms with Crippen LogP contribution in [0.5, 0.6) is 11.5 Å². The number of amides is 5. The van der Waals surface area contributed by atoms with E-state index < -0.39 is 96.5 Å². The average Bonchev–Trinajstić information content (AvgIpc) is 3.12. The van der Waals surface area contributed by atoms with E-state index >= 15 is 0 Å². The standard InChI is InChI=1S/C38H54N6O11/c1-6-21(4)32(37(53)40-22(5)38(54)55)44-34(50)28(15-16-31(47)48)41-36(52)30(19-24-9-13-26(46)14-10-24)43-35(51)29(17-20(2)3)42-33(49)27(39)18-23-7-11-25(45)12-8-23/h7-14,20-22,27-30,32,45-46H,6,15-19,39H2,1-5H3,(H,40,53)(H,41,52)(H,42,49)(H,43,51)(H,44,50)(H,47,48)(H,54,55)/t21-,22-,27-,28-,29-,30-,32-/m0/s1. The van der Waals surface area contributed by atoms with E-state index in [9.17, 15) is 54.0 Å². The second-order valence-electron chi connectivity index (χ2n) is 14.0. The van der Waals surface area contributed by atoms with E-state index in [1.807, 2.05) is 13.8 Å². The first-order valence-electron chi connectivity index (χ1n) is 18.1. The summed E-state index contributed by atoms with van der Waals surface area (Å²) in [7, 11) is 0. The number of nitrogens with one attached hydrogen (secondary N) is 5. The van der Waals surface area contributed by atoms with E-state index in [0.29, 0.717) is 17.5 Å². The molecule has 0 aliphatic heterocycles. The zero-order valence-electron chi connectivity index (χ0n) is 31.7. The summed E-state index contributed by atoms with van der Waals surface area (Å²) < 4.78 is 0. The number of benzene rings is 2. The number of hydrogen-bond donors (Lipinski definition) is 10. The normalized spacial score (nSPS) is 14.9. The predicted molar refractivity (Wildman–Crippen MR) is 200 cm³/mol. The van der Waals surface area contributed by atoms with Crippen molar-refractivity contribution in [2.24, 2.45) is 17.6 Å². The zero-order chi connectivity index (χ0) is 41.4. The molecule has 0 saturated heterocycles. The van der Waals surface area contributed by atoms with Crippen LogP contribution in [0.2, 0.25) is 0 Å². The number of phenols is 2. The van der Waals surface area contributed by atoms with E-state index in [1.165, 1.54) is 43.3 Å². The van der Waals surface area contributed by atoms with Crippen molar-refractivity contribution in [3.63, 3.8) is 0 Å². The van der Waals surface area contributed by atoms with Gasteiger partial charge in [-0.05, 0) is 73.4 Å². The van der Waals surface area contributed by atoms with Gasteiger partial charge in [0.25, 0.3) is 0 Å². The summed E-state index contributed by atoms with van der Waals surface area (Å²) in [5.41, 5.74) is 7.32. The summed E-state index contributed by atoms with van der Waals surface area (Å²) in [6, 6.07) is 4.26. The lowest BCUT2D eigenvalue weighted by Gasteiger charge is -2.29. The molecule has 302 valence electrons. The Morgan fingerprint density at radius 1 is 0.618 bits per heavy atom. The first-order chi connectivity index (χ1) is 25.8. The highest BCUT2D eigenvalue weighted by atomic mass is 16.4. The monoisotopic (exact) mass is 770 g/mol. The minimum Gasteiger partial charge on any atom is -0.508 e. The molecule has 55 heavy (non-hydrogen) atoms. The number of carboxylic acid groups (broad SMARTS) is 2. The van der Waals surface area contributed by atoms with Gasteiger partial charge in [-0.3, -0.25) is 33.6 Å². The number of rotatable bonds is 22. The molecule has 0 bridgehead atoms. The average molecular weight is 771 g/mol. The lowest BCUT2D eigenvalue weighted by Crippen LogP contribution is -2.60. The fourth-order valence-electron chi connectivity index (χ4n) is 5.44. The maximum absolute atomic E-state index is 14.0. The number of carbonyl (C=O) groups excluding carboxylic acids is 5. The van der Waals surface area contributed by atoms with Crippen LogP contribution < -0.4 is 32.3 Å². The quantitative estimate of drug-likeness (QED) is 0.0792. The highest BCUT2D eigenvalue weighted by Gasteiger charge is 2.34. The van der Waals surface area contributed by atoms with E-state index in [2.05, 4.69) is 26.6 Å². The SMILES string of the molecule is CC[C@H](C)[C@H](NC(=O)[C@H](CCC(=O)O)NC(=O)[C@H](Cc1ccc(O)cc1)NC(=O)[C@H](CC(C)C)NC(=O)[C@@H](N)Cc1ccc(O)cc1)C(=O)N[C@@H](C)C(=O)O. The Morgan fingerprint density at radius 3 is 1.58 bits per heavy atom. The Morgan fingerprint density at radius 2 is 1.09 bits per heavy atom. The van der Waals surface area contributed by atoms with Crippen molar-refractivity contribution >= 4 is 41.5 Å². The molecule has 0 aliphatic rings. The van der Waals surface area contributed by atoms with Crippen LogP contribution in [0.4, 0.5) is 0 Å². The third kappa shape index (κ3) is 15.7. The minimum absolute atomic E-state index is 0.0421. The van der Waals surface area contributed by atoms with Crippen molar-refractivity contribution in [2.75, 3.05) is 0 Å². The van der Waals surface area contributed by atoms with E-state index in [4.69, 9.17) is 5.73 Å². The molecule has 11 N–H and O–H groups in total. The Balaban J connectivity index is 2.38. The Kier molecular flexibility index (Phi) is 18.1. The number of carbonyl (C=O) groups is 7. The van der Waals surface area contributed by atoms with E-state index in [-0.39, 0.29) is 36.7 Å². The van der Waals surface area contributed by atoms with Crippen molar-refractivity contribution in [3.8, 4) is 11.5 Å². The maximum atomic E-state index is 14.0. The number of aromatic hydroxyl groups is 2. The molecule has 2 aromatic carbocycles. The number of nitrogens with two attached hydrogens (primary N) is 1. The summed E-state index contributed by atoms with van der Waals surface area (Å²) in [6.45, 7) is 8.29. The van der Waals surface area contributed by atoms with Crippen LogP contribution in [-0.4, -0.2) is 98.2 Å². The number of aliphatic carboxylic acids is 2. The summed E-state index contributed by atoms with van der Waals surface area (Å²) in [5, 5.41) is 50.7. The highest BCUT2D eigenvalue weighted by molar-refractivity contribution is 5.96. The zero-order valence-corrected chi connectivity index (χ0v) is 31.7. The molecule has 2 rings (SSSR count). The highest BCUT2D eigenvalue weighted by Crippen LogP contribution is 2.15. The van der Waals surface area contributed by atoms with Gasteiger partial charge in [0.2, 0.25) is 29.5 Å². The molecule has 17 heteroatoms. The van der Waals surface area contributed by atoms with Crippen LogP contribution in [0.15, 0.2) is 48.5 Å². The molecule has 7 atom stereocenters. The van der Waals surface area contributed by atoms with Gasteiger partial charge in [-0.25, -0.2) is 0 Å². The van der Waals surface area contributed by atoms with Crippen molar-refractivity contribution in [1.29, 1.82) is 0 Å². The second-order valence-corrected chi connectivity index (χ2v) is 14.0. The van der Waals surface area contributed by atoms with Gasteiger partial charge < -0.3 is 52.7 Å². The smallest absolute Gasteiger partial charge is 0.325 e. The summed E-state index contributed by atoms with van der Waals surface area (Å²) in [6.07, 6.45) is -0.470. The van der Waals surface area contributed by atoms with Gasteiger partial charge >= 0.3 is 11.9 Å². The summed E-state index contributed by atoms with van der Waals surface area (Å²) in [4.78, 5) is 90.6. The van der Waals surface area contributed by atoms with Crippen LogP contribution >= 0.6 is 0 Å². The van der Waals surface area contributed by atoms with Crippen molar-refractivity contribution in [2.45, 2.75) is 109 Å². The Bertz CT molecular complexity index is 1630. The number of carboxylic acids is 2. The van der Waals surface area contributed by atoms with Crippen LogP contribution in [0.3, 0.4) is 0 Å². The van der Waals surface area contributed by atoms with Crippen LogP contribution in [0, 0.1) is 11.8 Å². The minimum atomic E-state index is -1.51. The first kappa shape index (κ1) is 45.4. The van der Waals surface area contributed by atoms with E-state index in [0.717, 1.165) is 0 Å². The first-order valence-corrected chi connectivity index (χ1v) is 18.1. The topological polar surface area (TPSA) is 287 Å². The molecular weight excluding hydrogens is 716 g/mol. The van der Waals surface area contributed by atoms with Crippen molar-refractivity contribution in [1.82, 2.24) is 26.6 Å².